The average Bonchev–Trinajstić information content (AvgIpc) is 2.66. The van der Waals surface area contributed by atoms with Crippen LogP contribution in [0, 0.1) is 0 Å². The fourth-order valence-electron chi connectivity index (χ4n) is 2.89. The van der Waals surface area contributed by atoms with Crippen LogP contribution in [-0.4, -0.2) is 47.7 Å². The number of nitrogens with one attached hydrogen (secondary N) is 1. The van der Waals surface area contributed by atoms with E-state index in [-0.39, 0.29) is 0 Å². The van der Waals surface area contributed by atoms with Gasteiger partial charge in [-0.05, 0) is 24.6 Å². The molecule has 1 N–H and O–H groups in total. The lowest BCUT2D eigenvalue weighted by Gasteiger charge is -2.36. The van der Waals surface area contributed by atoms with E-state index in [4.69, 9.17) is 0 Å². The summed E-state index contributed by atoms with van der Waals surface area (Å²) in [5, 5.41) is 3.32. The number of rotatable bonds is 7. The lowest BCUT2D eigenvalue weighted by molar-refractivity contribution is 0.641. The highest BCUT2D eigenvalue weighted by atomic mass is 15.3. The third-order valence-electron chi connectivity index (χ3n) is 4.28. The molecule has 1 aliphatic heterocycles. The lowest BCUT2D eigenvalue weighted by atomic mass is 10.2. The number of unbranched alkanes of at least 4 members (excludes halogenated alkanes) is 2. The number of aromatic nitrogens is 3. The van der Waals surface area contributed by atoms with Crippen molar-refractivity contribution in [3.05, 3.63) is 36.7 Å². The molecule has 0 atom stereocenters. The Balaban J connectivity index is 1.54. The second-order valence-corrected chi connectivity index (χ2v) is 6.03. The van der Waals surface area contributed by atoms with E-state index in [0.717, 1.165) is 56.7 Å². The smallest absolute Gasteiger partial charge is 0.224 e. The molecule has 24 heavy (non-hydrogen) atoms. The summed E-state index contributed by atoms with van der Waals surface area (Å²) >= 11 is 0. The van der Waals surface area contributed by atoms with Crippen molar-refractivity contribution in [2.24, 2.45) is 0 Å². The third-order valence-corrected chi connectivity index (χ3v) is 4.28. The van der Waals surface area contributed by atoms with Gasteiger partial charge in [0.2, 0.25) is 5.95 Å². The molecule has 3 heterocycles. The highest BCUT2D eigenvalue weighted by Gasteiger charge is 2.19. The van der Waals surface area contributed by atoms with E-state index in [0.29, 0.717) is 0 Å². The number of pyridine rings is 1. The standard InChI is InChI=1S/C18H26N6/c1-2-3-5-10-20-18-21-11-8-17(22-18)24-14-12-23(13-15-24)16-7-4-6-9-19-16/h4,6-9,11H,2-3,5,10,12-15H2,1H3,(H,20,21,22). The van der Waals surface area contributed by atoms with Crippen molar-refractivity contribution in [3.63, 3.8) is 0 Å². The summed E-state index contributed by atoms with van der Waals surface area (Å²) in [5.41, 5.74) is 0. The van der Waals surface area contributed by atoms with Gasteiger partial charge in [-0.2, -0.15) is 4.98 Å². The van der Waals surface area contributed by atoms with E-state index in [1.165, 1.54) is 12.8 Å². The van der Waals surface area contributed by atoms with Gasteiger partial charge >= 0.3 is 0 Å². The number of nitrogens with zero attached hydrogens (tertiary/aromatic N) is 5. The van der Waals surface area contributed by atoms with Crippen LogP contribution in [0.15, 0.2) is 36.7 Å². The van der Waals surface area contributed by atoms with Crippen molar-refractivity contribution in [1.29, 1.82) is 0 Å². The molecule has 0 unspecified atom stereocenters. The summed E-state index contributed by atoms with van der Waals surface area (Å²) in [6.45, 7) is 6.96. The molecule has 0 aliphatic carbocycles. The monoisotopic (exact) mass is 326 g/mol. The van der Waals surface area contributed by atoms with Gasteiger partial charge in [0.05, 0.1) is 0 Å². The molecular formula is C18H26N6. The molecule has 2 aromatic heterocycles. The van der Waals surface area contributed by atoms with Gasteiger partial charge in [-0.3, -0.25) is 0 Å². The van der Waals surface area contributed by atoms with Crippen LogP contribution in [0.5, 0.6) is 0 Å². The van der Waals surface area contributed by atoms with Crippen LogP contribution in [0.1, 0.15) is 26.2 Å². The van der Waals surface area contributed by atoms with Gasteiger partial charge in [0.15, 0.2) is 0 Å². The van der Waals surface area contributed by atoms with Gasteiger partial charge in [0.1, 0.15) is 11.6 Å². The summed E-state index contributed by atoms with van der Waals surface area (Å²) in [7, 11) is 0. The molecule has 6 heteroatoms. The Hall–Kier alpha value is -2.37. The molecule has 0 bridgehead atoms. The maximum absolute atomic E-state index is 4.66. The highest BCUT2D eigenvalue weighted by Crippen LogP contribution is 2.17. The van der Waals surface area contributed by atoms with E-state index >= 15 is 0 Å². The largest absolute Gasteiger partial charge is 0.354 e. The van der Waals surface area contributed by atoms with Crippen molar-refractivity contribution in [2.75, 3.05) is 47.8 Å². The molecule has 2 aromatic rings. The van der Waals surface area contributed by atoms with Gasteiger partial charge in [0, 0.05) is 45.1 Å². The van der Waals surface area contributed by atoms with Gasteiger partial charge in [-0.25, -0.2) is 9.97 Å². The Morgan fingerprint density at radius 2 is 1.71 bits per heavy atom. The molecule has 0 aromatic carbocycles. The molecule has 6 nitrogen and oxygen atoms in total. The normalized spacial score (nSPS) is 14.7. The third kappa shape index (κ3) is 4.34. The molecule has 1 saturated heterocycles. The average molecular weight is 326 g/mol. The van der Waals surface area contributed by atoms with E-state index in [1.54, 1.807) is 0 Å². The predicted octanol–water partition coefficient (Wildman–Crippen LogP) is 2.80. The van der Waals surface area contributed by atoms with Gasteiger partial charge in [-0.15, -0.1) is 0 Å². The van der Waals surface area contributed by atoms with Crippen molar-refractivity contribution in [2.45, 2.75) is 26.2 Å². The van der Waals surface area contributed by atoms with Crippen LogP contribution < -0.4 is 15.1 Å². The van der Waals surface area contributed by atoms with E-state index in [9.17, 15) is 0 Å². The first kappa shape index (κ1) is 16.5. The Labute approximate surface area is 143 Å². The summed E-state index contributed by atoms with van der Waals surface area (Å²) in [4.78, 5) is 18.1. The molecule has 3 rings (SSSR count). The fourth-order valence-corrected chi connectivity index (χ4v) is 2.89. The molecule has 0 radical (unpaired) electrons. The van der Waals surface area contributed by atoms with Crippen molar-refractivity contribution >= 4 is 17.6 Å². The van der Waals surface area contributed by atoms with Crippen LogP contribution in [-0.2, 0) is 0 Å². The zero-order valence-corrected chi connectivity index (χ0v) is 14.4. The van der Waals surface area contributed by atoms with Crippen LogP contribution in [0.2, 0.25) is 0 Å². The number of hydrogen-bond donors (Lipinski definition) is 1. The van der Waals surface area contributed by atoms with Crippen LogP contribution in [0.3, 0.4) is 0 Å². The molecule has 0 saturated carbocycles. The molecule has 128 valence electrons. The van der Waals surface area contributed by atoms with Gasteiger partial charge in [0.25, 0.3) is 0 Å². The maximum Gasteiger partial charge on any atom is 0.224 e. The number of anilines is 3. The van der Waals surface area contributed by atoms with Crippen LogP contribution in [0.4, 0.5) is 17.6 Å². The first-order valence-electron chi connectivity index (χ1n) is 8.84. The van der Waals surface area contributed by atoms with Crippen LogP contribution in [0.25, 0.3) is 0 Å². The summed E-state index contributed by atoms with van der Waals surface area (Å²) in [5.74, 6) is 2.79. The summed E-state index contributed by atoms with van der Waals surface area (Å²) in [6, 6.07) is 8.05. The second kappa shape index (κ2) is 8.47. The first-order chi connectivity index (χ1) is 11.9. The molecule has 1 fully saturated rings. The summed E-state index contributed by atoms with van der Waals surface area (Å²) in [6.07, 6.45) is 7.32. The summed E-state index contributed by atoms with van der Waals surface area (Å²) < 4.78 is 0. The number of hydrogen-bond acceptors (Lipinski definition) is 6. The van der Waals surface area contributed by atoms with Crippen LogP contribution >= 0.6 is 0 Å². The minimum absolute atomic E-state index is 0.732. The first-order valence-corrected chi connectivity index (χ1v) is 8.84. The highest BCUT2D eigenvalue weighted by molar-refractivity contribution is 5.46. The lowest BCUT2D eigenvalue weighted by Crippen LogP contribution is -2.47. The molecule has 1 aliphatic rings. The zero-order chi connectivity index (χ0) is 16.6. The zero-order valence-electron chi connectivity index (χ0n) is 14.4. The van der Waals surface area contributed by atoms with E-state index in [1.807, 2.05) is 30.6 Å². The minimum atomic E-state index is 0.732. The van der Waals surface area contributed by atoms with Crippen molar-refractivity contribution in [3.8, 4) is 0 Å². The number of piperazine rings is 1. The van der Waals surface area contributed by atoms with Gasteiger partial charge in [-0.1, -0.05) is 25.8 Å². The van der Waals surface area contributed by atoms with Gasteiger partial charge < -0.3 is 15.1 Å². The van der Waals surface area contributed by atoms with Crippen molar-refractivity contribution < 1.29 is 0 Å². The minimum Gasteiger partial charge on any atom is -0.354 e. The molecular weight excluding hydrogens is 300 g/mol. The topological polar surface area (TPSA) is 57.2 Å². The predicted molar refractivity (Wildman–Crippen MR) is 98.7 cm³/mol. The Morgan fingerprint density at radius 3 is 2.42 bits per heavy atom. The Morgan fingerprint density at radius 1 is 0.917 bits per heavy atom. The molecule has 0 amide bonds. The van der Waals surface area contributed by atoms with Crippen molar-refractivity contribution in [1.82, 2.24) is 15.0 Å². The second-order valence-electron chi connectivity index (χ2n) is 6.03. The fraction of sp³-hybridized carbons (Fsp3) is 0.500. The Bertz CT molecular complexity index is 610. The SMILES string of the molecule is CCCCCNc1nccc(N2CCN(c3ccccn3)CC2)n1. The Kier molecular flexibility index (Phi) is 5.82. The van der Waals surface area contributed by atoms with E-state index in [2.05, 4.69) is 43.1 Å². The maximum atomic E-state index is 4.66. The quantitative estimate of drug-likeness (QED) is 0.790. The van der Waals surface area contributed by atoms with E-state index < -0.39 is 0 Å². The molecule has 0 spiro atoms.